The van der Waals surface area contributed by atoms with E-state index in [1.165, 1.54) is 34.0 Å². The number of hydrogen-bond acceptors (Lipinski definition) is 5. The Labute approximate surface area is 155 Å². The van der Waals surface area contributed by atoms with Crippen LogP contribution in [0.1, 0.15) is 23.8 Å². The summed E-state index contributed by atoms with van der Waals surface area (Å²) in [5.74, 6) is 0.497. The first kappa shape index (κ1) is 16.5. The van der Waals surface area contributed by atoms with Gasteiger partial charge in [0.2, 0.25) is 5.91 Å². The molecule has 0 unspecified atom stereocenters. The number of anilines is 1. The monoisotopic (exact) mass is 369 g/mol. The number of aryl methyl sites for hydroxylation is 2. The molecule has 4 rings (SSSR count). The van der Waals surface area contributed by atoms with E-state index in [4.69, 9.17) is 0 Å². The number of aromatic nitrogens is 2. The summed E-state index contributed by atoms with van der Waals surface area (Å²) in [6.07, 6.45) is 5.09. The van der Waals surface area contributed by atoms with Crippen LogP contribution in [0.25, 0.3) is 10.2 Å². The highest BCUT2D eigenvalue weighted by atomic mass is 32.2. The molecule has 2 heterocycles. The summed E-state index contributed by atoms with van der Waals surface area (Å²) in [4.78, 5) is 26.0. The van der Waals surface area contributed by atoms with Crippen molar-refractivity contribution in [3.05, 3.63) is 47.1 Å². The highest BCUT2D eigenvalue weighted by Crippen LogP contribution is 2.40. The van der Waals surface area contributed by atoms with Crippen molar-refractivity contribution in [1.82, 2.24) is 9.97 Å². The number of nitrogens with zero attached hydrogens (tertiary/aromatic N) is 3. The van der Waals surface area contributed by atoms with Gasteiger partial charge in [0.05, 0.1) is 5.75 Å². The van der Waals surface area contributed by atoms with E-state index < -0.39 is 0 Å². The molecule has 0 saturated carbocycles. The second-order valence-corrected chi connectivity index (χ2v) is 8.03. The minimum atomic E-state index is 0.109. The minimum absolute atomic E-state index is 0.109. The highest BCUT2D eigenvalue weighted by Gasteiger charge is 2.22. The molecule has 2 aromatic heterocycles. The predicted molar refractivity (Wildman–Crippen MR) is 105 cm³/mol. The molecule has 0 aliphatic heterocycles. The molecular weight excluding hydrogens is 350 g/mol. The van der Waals surface area contributed by atoms with Crippen LogP contribution in [0.4, 0.5) is 5.69 Å². The van der Waals surface area contributed by atoms with E-state index in [0.717, 1.165) is 28.4 Å². The molecule has 1 aliphatic carbocycles. The van der Waals surface area contributed by atoms with Gasteiger partial charge in [-0.2, -0.15) is 0 Å². The maximum atomic E-state index is 12.7. The Morgan fingerprint density at radius 3 is 2.88 bits per heavy atom. The van der Waals surface area contributed by atoms with Crippen LogP contribution < -0.4 is 4.90 Å². The maximum Gasteiger partial charge on any atom is 0.237 e. The summed E-state index contributed by atoms with van der Waals surface area (Å²) < 4.78 is 0. The summed E-state index contributed by atoms with van der Waals surface area (Å²) in [6, 6.07) is 9.83. The Morgan fingerprint density at radius 1 is 1.24 bits per heavy atom. The number of rotatable bonds is 5. The standard InChI is InChI=1S/C19H19N3OS2/c1-2-22(13-7-4-3-5-8-13)16(23)11-24-18-17-14-9-6-10-15(14)25-19(17)21-12-20-18/h3-5,7-8,12H,2,6,9-11H2,1H3. The lowest BCUT2D eigenvalue weighted by Gasteiger charge is -2.20. The SMILES string of the molecule is CCN(C(=O)CSc1ncnc2sc3c(c12)CCC3)c1ccccc1. The van der Waals surface area contributed by atoms with Gasteiger partial charge in [0, 0.05) is 22.5 Å². The van der Waals surface area contributed by atoms with Gasteiger partial charge in [-0.1, -0.05) is 30.0 Å². The average Bonchev–Trinajstić information content (AvgIpc) is 3.22. The smallest absolute Gasteiger partial charge is 0.237 e. The number of benzene rings is 1. The van der Waals surface area contributed by atoms with Gasteiger partial charge in [0.1, 0.15) is 16.2 Å². The van der Waals surface area contributed by atoms with Crippen molar-refractivity contribution in [3.8, 4) is 0 Å². The number of fused-ring (bicyclic) bond motifs is 3. The topological polar surface area (TPSA) is 46.1 Å². The van der Waals surface area contributed by atoms with E-state index in [9.17, 15) is 4.79 Å². The Morgan fingerprint density at radius 2 is 2.08 bits per heavy atom. The molecule has 3 aromatic rings. The van der Waals surface area contributed by atoms with Crippen molar-refractivity contribution in [2.24, 2.45) is 0 Å². The number of para-hydroxylation sites is 1. The van der Waals surface area contributed by atoms with Crippen molar-refractivity contribution < 1.29 is 4.79 Å². The Balaban J connectivity index is 1.55. The highest BCUT2D eigenvalue weighted by molar-refractivity contribution is 8.00. The Kier molecular flexibility index (Phi) is 4.72. The Hall–Kier alpha value is -1.92. The van der Waals surface area contributed by atoms with E-state index in [1.54, 1.807) is 17.7 Å². The van der Waals surface area contributed by atoms with Crippen molar-refractivity contribution in [2.75, 3.05) is 17.2 Å². The minimum Gasteiger partial charge on any atom is -0.312 e. The van der Waals surface area contributed by atoms with Gasteiger partial charge >= 0.3 is 0 Å². The maximum absolute atomic E-state index is 12.7. The molecule has 128 valence electrons. The number of hydrogen-bond donors (Lipinski definition) is 0. The second kappa shape index (κ2) is 7.14. The van der Waals surface area contributed by atoms with Crippen LogP contribution in [0, 0.1) is 0 Å². The third kappa shape index (κ3) is 3.16. The van der Waals surface area contributed by atoms with E-state index in [0.29, 0.717) is 12.3 Å². The summed E-state index contributed by atoms with van der Waals surface area (Å²) in [6.45, 7) is 2.67. The molecule has 6 heteroatoms. The van der Waals surface area contributed by atoms with Crippen LogP contribution in [0.5, 0.6) is 0 Å². The molecule has 0 fully saturated rings. The molecule has 0 radical (unpaired) electrons. The lowest BCUT2D eigenvalue weighted by atomic mass is 10.2. The van der Waals surface area contributed by atoms with E-state index >= 15 is 0 Å². The van der Waals surface area contributed by atoms with Gasteiger partial charge < -0.3 is 4.90 Å². The Bertz CT molecular complexity index is 908. The molecule has 1 amide bonds. The molecule has 0 N–H and O–H groups in total. The largest absolute Gasteiger partial charge is 0.312 e. The zero-order valence-electron chi connectivity index (χ0n) is 14.1. The third-order valence-electron chi connectivity index (χ3n) is 4.48. The summed E-state index contributed by atoms with van der Waals surface area (Å²) in [5, 5.41) is 2.13. The van der Waals surface area contributed by atoms with Crippen LogP contribution in [0.2, 0.25) is 0 Å². The van der Waals surface area contributed by atoms with E-state index in [2.05, 4.69) is 9.97 Å². The molecule has 0 saturated heterocycles. The molecule has 1 aliphatic rings. The summed E-state index contributed by atoms with van der Waals surface area (Å²) in [7, 11) is 0. The zero-order valence-corrected chi connectivity index (χ0v) is 15.7. The molecule has 4 nitrogen and oxygen atoms in total. The van der Waals surface area contributed by atoms with Gasteiger partial charge in [-0.05, 0) is 43.9 Å². The van der Waals surface area contributed by atoms with Crippen molar-refractivity contribution >= 4 is 44.9 Å². The summed E-state index contributed by atoms with van der Waals surface area (Å²) in [5.41, 5.74) is 2.35. The van der Waals surface area contributed by atoms with Gasteiger partial charge in [0.15, 0.2) is 0 Å². The first-order valence-corrected chi connectivity index (χ1v) is 10.3. The molecule has 0 spiro atoms. The quantitative estimate of drug-likeness (QED) is 0.496. The molecule has 25 heavy (non-hydrogen) atoms. The van der Waals surface area contributed by atoms with Crippen LogP contribution >= 0.6 is 23.1 Å². The first-order chi connectivity index (χ1) is 12.3. The van der Waals surface area contributed by atoms with Gasteiger partial charge in [-0.25, -0.2) is 9.97 Å². The number of carbonyl (C=O) groups excluding carboxylic acids is 1. The van der Waals surface area contributed by atoms with Crippen LogP contribution in [0.15, 0.2) is 41.7 Å². The van der Waals surface area contributed by atoms with Crippen molar-refractivity contribution in [2.45, 2.75) is 31.2 Å². The van der Waals surface area contributed by atoms with E-state index in [1.807, 2.05) is 42.2 Å². The fraction of sp³-hybridized carbons (Fsp3) is 0.316. The normalized spacial score (nSPS) is 13.2. The van der Waals surface area contributed by atoms with Crippen LogP contribution in [-0.2, 0) is 17.6 Å². The van der Waals surface area contributed by atoms with Crippen molar-refractivity contribution in [1.29, 1.82) is 0 Å². The van der Waals surface area contributed by atoms with Gasteiger partial charge in [-0.15, -0.1) is 11.3 Å². The van der Waals surface area contributed by atoms with Crippen LogP contribution in [0.3, 0.4) is 0 Å². The van der Waals surface area contributed by atoms with Gasteiger partial charge in [0.25, 0.3) is 0 Å². The van der Waals surface area contributed by atoms with Crippen molar-refractivity contribution in [3.63, 3.8) is 0 Å². The molecule has 1 aromatic carbocycles. The van der Waals surface area contributed by atoms with Crippen LogP contribution in [-0.4, -0.2) is 28.2 Å². The third-order valence-corrected chi connectivity index (χ3v) is 6.66. The molecular formula is C19H19N3OS2. The van der Waals surface area contributed by atoms with Gasteiger partial charge in [-0.3, -0.25) is 4.79 Å². The second-order valence-electron chi connectivity index (χ2n) is 5.98. The lowest BCUT2D eigenvalue weighted by molar-refractivity contribution is -0.116. The van der Waals surface area contributed by atoms with E-state index in [-0.39, 0.29) is 5.91 Å². The fourth-order valence-corrected chi connectivity index (χ4v) is 5.52. The molecule has 0 bridgehead atoms. The predicted octanol–water partition coefficient (Wildman–Crippen LogP) is 4.33. The summed E-state index contributed by atoms with van der Waals surface area (Å²) >= 11 is 3.31. The number of carbonyl (C=O) groups is 1. The zero-order chi connectivity index (χ0) is 17.2. The first-order valence-electron chi connectivity index (χ1n) is 8.51. The number of thiophene rings is 1. The fourth-order valence-electron chi connectivity index (χ4n) is 3.33. The lowest BCUT2D eigenvalue weighted by Crippen LogP contribution is -2.32. The number of amides is 1. The average molecular weight is 370 g/mol. The molecule has 0 atom stereocenters. The number of thioether (sulfide) groups is 1.